The molecule has 8 nitrogen and oxygen atoms in total. The van der Waals surface area contributed by atoms with Gasteiger partial charge >= 0.3 is 6.03 Å². The van der Waals surface area contributed by atoms with E-state index in [1.165, 1.54) is 10.5 Å². The van der Waals surface area contributed by atoms with Gasteiger partial charge < -0.3 is 4.90 Å². The van der Waals surface area contributed by atoms with Crippen LogP contribution in [-0.4, -0.2) is 47.8 Å². The van der Waals surface area contributed by atoms with Crippen molar-refractivity contribution in [1.82, 2.24) is 10.2 Å². The van der Waals surface area contributed by atoms with Gasteiger partial charge in [-0.2, -0.15) is 0 Å². The first-order valence-corrected chi connectivity index (χ1v) is 11.3. The molecule has 5 amide bonds. The van der Waals surface area contributed by atoms with Crippen LogP contribution in [0.5, 0.6) is 0 Å². The molecular weight excluding hydrogens is 420 g/mol. The molecule has 0 aliphatic carbocycles. The van der Waals surface area contributed by atoms with Crippen LogP contribution in [-0.2, 0) is 16.1 Å². The molecule has 3 heterocycles. The third kappa shape index (κ3) is 3.65. The van der Waals surface area contributed by atoms with E-state index in [4.69, 9.17) is 0 Å². The predicted molar refractivity (Wildman–Crippen MR) is 123 cm³/mol. The van der Waals surface area contributed by atoms with Crippen LogP contribution < -0.4 is 15.1 Å². The lowest BCUT2D eigenvalue weighted by molar-refractivity contribution is -0.136. The van der Waals surface area contributed by atoms with E-state index in [1.807, 2.05) is 18.2 Å². The third-order valence-corrected chi connectivity index (χ3v) is 6.70. The van der Waals surface area contributed by atoms with Crippen molar-refractivity contribution in [2.24, 2.45) is 0 Å². The Balaban J connectivity index is 1.33. The van der Waals surface area contributed by atoms with E-state index in [2.05, 4.69) is 31.3 Å². The van der Waals surface area contributed by atoms with Crippen LogP contribution in [0.1, 0.15) is 54.1 Å². The molecule has 3 aliphatic heterocycles. The van der Waals surface area contributed by atoms with E-state index < -0.39 is 11.9 Å². The van der Waals surface area contributed by atoms with Crippen molar-refractivity contribution in [2.45, 2.75) is 45.2 Å². The van der Waals surface area contributed by atoms with E-state index in [0.717, 1.165) is 16.9 Å². The molecule has 2 aromatic carbocycles. The largest absolute Gasteiger partial charge is 0.329 e. The normalized spacial score (nSPS) is 20.7. The van der Waals surface area contributed by atoms with Crippen molar-refractivity contribution < 1.29 is 19.2 Å². The summed E-state index contributed by atoms with van der Waals surface area (Å²) in [6, 6.07) is 12.7. The Labute approximate surface area is 192 Å². The number of carbonyl (C=O) groups is 4. The van der Waals surface area contributed by atoms with Crippen molar-refractivity contribution >= 4 is 35.1 Å². The SMILES string of the molecule is CC(C)c1ccc(N2CCN(c3ccc4c(c3)CN(C3CCC(=O)NC3=O)C4=O)C2=O)cc1. The van der Waals surface area contributed by atoms with Crippen molar-refractivity contribution in [1.29, 1.82) is 0 Å². The summed E-state index contributed by atoms with van der Waals surface area (Å²) >= 11 is 0. The monoisotopic (exact) mass is 446 g/mol. The lowest BCUT2D eigenvalue weighted by Crippen LogP contribution is -2.52. The van der Waals surface area contributed by atoms with Crippen molar-refractivity contribution in [3.8, 4) is 0 Å². The number of rotatable bonds is 4. The average Bonchev–Trinajstić information content (AvgIpc) is 3.33. The molecule has 2 saturated heterocycles. The number of urea groups is 1. The topological polar surface area (TPSA) is 90.0 Å². The molecule has 0 bridgehead atoms. The van der Waals surface area contributed by atoms with Gasteiger partial charge in [0.25, 0.3) is 5.91 Å². The van der Waals surface area contributed by atoms with Gasteiger partial charge in [0.05, 0.1) is 0 Å². The molecule has 0 saturated carbocycles. The van der Waals surface area contributed by atoms with E-state index >= 15 is 0 Å². The van der Waals surface area contributed by atoms with E-state index in [-0.39, 0.29) is 30.8 Å². The van der Waals surface area contributed by atoms with Crippen LogP contribution in [0.15, 0.2) is 42.5 Å². The van der Waals surface area contributed by atoms with Gasteiger partial charge in [0.15, 0.2) is 0 Å². The van der Waals surface area contributed by atoms with Gasteiger partial charge in [-0.25, -0.2) is 4.79 Å². The van der Waals surface area contributed by atoms with Gasteiger partial charge in [-0.05, 0) is 53.8 Å². The zero-order valence-electron chi connectivity index (χ0n) is 18.7. The molecule has 1 unspecified atom stereocenters. The number of nitrogens with one attached hydrogen (secondary N) is 1. The van der Waals surface area contributed by atoms with Crippen molar-refractivity contribution in [2.75, 3.05) is 22.9 Å². The molecule has 2 aromatic rings. The first kappa shape index (κ1) is 21.2. The van der Waals surface area contributed by atoms with Crippen LogP contribution in [0.2, 0.25) is 0 Å². The Kier molecular flexibility index (Phi) is 5.15. The molecular formula is C25H26N4O4. The van der Waals surface area contributed by atoms with Crippen LogP contribution in [0, 0.1) is 0 Å². The average molecular weight is 447 g/mol. The number of fused-ring (bicyclic) bond motifs is 1. The first-order chi connectivity index (χ1) is 15.8. The zero-order valence-corrected chi connectivity index (χ0v) is 18.7. The Morgan fingerprint density at radius 3 is 2.24 bits per heavy atom. The summed E-state index contributed by atoms with van der Waals surface area (Å²) < 4.78 is 0. The number of imide groups is 1. The van der Waals surface area contributed by atoms with Gasteiger partial charge in [0, 0.05) is 43.0 Å². The number of amides is 5. The molecule has 0 spiro atoms. The van der Waals surface area contributed by atoms with Gasteiger partial charge in [-0.1, -0.05) is 26.0 Å². The summed E-state index contributed by atoms with van der Waals surface area (Å²) in [7, 11) is 0. The maximum Gasteiger partial charge on any atom is 0.329 e. The van der Waals surface area contributed by atoms with Gasteiger partial charge in [0.1, 0.15) is 6.04 Å². The second-order valence-electron chi connectivity index (χ2n) is 9.07. The molecule has 170 valence electrons. The summed E-state index contributed by atoms with van der Waals surface area (Å²) in [6.45, 7) is 5.69. The lowest BCUT2D eigenvalue weighted by Gasteiger charge is -2.29. The highest BCUT2D eigenvalue weighted by Crippen LogP contribution is 2.32. The van der Waals surface area contributed by atoms with Crippen LogP contribution in [0.25, 0.3) is 0 Å². The minimum Gasteiger partial charge on any atom is -0.322 e. The first-order valence-electron chi connectivity index (χ1n) is 11.3. The fraction of sp³-hybridized carbons (Fsp3) is 0.360. The minimum atomic E-state index is -0.649. The van der Waals surface area contributed by atoms with E-state index in [1.54, 1.807) is 21.9 Å². The summed E-state index contributed by atoms with van der Waals surface area (Å²) in [5.74, 6) is -0.524. The van der Waals surface area contributed by atoms with Crippen LogP contribution >= 0.6 is 0 Å². The minimum absolute atomic E-state index is 0.0985. The summed E-state index contributed by atoms with van der Waals surface area (Å²) in [4.78, 5) is 54.8. The molecule has 3 aliphatic rings. The second-order valence-corrected chi connectivity index (χ2v) is 9.07. The molecule has 0 radical (unpaired) electrons. The Bertz CT molecular complexity index is 1160. The lowest BCUT2D eigenvalue weighted by atomic mass is 10.0. The molecule has 1 atom stereocenters. The number of carbonyl (C=O) groups excluding carboxylic acids is 4. The zero-order chi connectivity index (χ0) is 23.3. The van der Waals surface area contributed by atoms with E-state index in [0.29, 0.717) is 31.0 Å². The van der Waals surface area contributed by atoms with Crippen molar-refractivity contribution in [3.05, 3.63) is 59.2 Å². The molecule has 1 N–H and O–H groups in total. The smallest absolute Gasteiger partial charge is 0.322 e. The highest BCUT2D eigenvalue weighted by Gasteiger charge is 2.40. The number of nitrogens with zero attached hydrogens (tertiary/aromatic N) is 3. The third-order valence-electron chi connectivity index (χ3n) is 6.70. The van der Waals surface area contributed by atoms with Crippen LogP contribution in [0.4, 0.5) is 16.2 Å². The van der Waals surface area contributed by atoms with Crippen LogP contribution in [0.3, 0.4) is 0 Å². The Morgan fingerprint density at radius 2 is 1.58 bits per heavy atom. The fourth-order valence-corrected chi connectivity index (χ4v) is 4.78. The number of hydrogen-bond donors (Lipinski definition) is 1. The Hall–Kier alpha value is -3.68. The summed E-state index contributed by atoms with van der Waals surface area (Å²) in [5, 5.41) is 2.32. The van der Waals surface area contributed by atoms with E-state index in [9.17, 15) is 19.2 Å². The maximum atomic E-state index is 13.2. The molecule has 5 rings (SSSR count). The summed E-state index contributed by atoms with van der Waals surface area (Å²) in [6.07, 6.45) is 0.546. The molecule has 8 heteroatoms. The standard InChI is InChI=1S/C25H26N4O4/c1-15(2)16-3-5-18(6-4-16)27-11-12-28(25(27)33)19-7-8-20-17(13-19)14-29(24(20)32)21-9-10-22(30)26-23(21)31/h3-8,13,15,21H,9-12,14H2,1-2H3,(H,26,30,31). The van der Waals surface area contributed by atoms with Crippen molar-refractivity contribution in [3.63, 3.8) is 0 Å². The van der Waals surface area contributed by atoms with Gasteiger partial charge in [0.2, 0.25) is 11.8 Å². The highest BCUT2D eigenvalue weighted by molar-refractivity contribution is 6.08. The fourth-order valence-electron chi connectivity index (χ4n) is 4.78. The number of hydrogen-bond acceptors (Lipinski definition) is 4. The number of benzene rings is 2. The second kappa shape index (κ2) is 8.03. The highest BCUT2D eigenvalue weighted by atomic mass is 16.2. The maximum absolute atomic E-state index is 13.2. The molecule has 0 aromatic heterocycles. The predicted octanol–water partition coefficient (Wildman–Crippen LogP) is 3.02. The number of anilines is 2. The van der Waals surface area contributed by atoms with Gasteiger partial charge in [-0.3, -0.25) is 29.5 Å². The van der Waals surface area contributed by atoms with Gasteiger partial charge in [-0.15, -0.1) is 0 Å². The Morgan fingerprint density at radius 1 is 0.909 bits per heavy atom. The summed E-state index contributed by atoms with van der Waals surface area (Å²) in [5.41, 5.74) is 4.15. The quantitative estimate of drug-likeness (QED) is 0.731. The number of piperidine rings is 1. The molecule has 33 heavy (non-hydrogen) atoms. The molecule has 2 fully saturated rings.